The Hall–Kier alpha value is -3.45. The third kappa shape index (κ3) is 4.76. The Bertz CT molecular complexity index is 906. The molecule has 0 aliphatic heterocycles. The van der Waals surface area contributed by atoms with Crippen LogP contribution in [0.15, 0.2) is 72.8 Å². The molecule has 25 heavy (non-hydrogen) atoms. The maximum atomic E-state index is 11.7. The lowest BCUT2D eigenvalue weighted by atomic mass is 10.1. The van der Waals surface area contributed by atoms with Crippen molar-refractivity contribution in [2.24, 2.45) is 0 Å². The van der Waals surface area contributed by atoms with Gasteiger partial charge in [0.15, 0.2) is 0 Å². The van der Waals surface area contributed by atoms with Gasteiger partial charge in [0.2, 0.25) is 0 Å². The van der Waals surface area contributed by atoms with Crippen LogP contribution in [-0.2, 0) is 0 Å². The van der Waals surface area contributed by atoms with Crippen molar-refractivity contribution >= 4 is 22.5 Å². The Morgan fingerprint density at radius 3 is 2.52 bits per heavy atom. The number of urea groups is 1. The summed E-state index contributed by atoms with van der Waals surface area (Å²) in [6, 6.07) is 23.0. The van der Waals surface area contributed by atoms with Crippen LogP contribution in [0.5, 0.6) is 5.75 Å². The lowest BCUT2D eigenvalue weighted by Gasteiger charge is -2.06. The molecule has 0 aliphatic rings. The van der Waals surface area contributed by atoms with Gasteiger partial charge in [0, 0.05) is 11.1 Å². The fourth-order valence-electron chi connectivity index (χ4n) is 2.37. The van der Waals surface area contributed by atoms with Crippen molar-refractivity contribution in [1.82, 2.24) is 5.32 Å². The third-order valence-electron chi connectivity index (χ3n) is 3.54. The standard InChI is InChI=1S/C21H18N2O2/c24-21(23-18-11-2-1-3-12-18)22-15-6-7-16-25-20-14-8-10-17-9-4-5-13-19(17)20/h1-5,8-14H,15-16H2,(H2,22,23,24). The van der Waals surface area contributed by atoms with E-state index >= 15 is 0 Å². The Morgan fingerprint density at radius 2 is 1.64 bits per heavy atom. The second-order valence-corrected chi connectivity index (χ2v) is 5.29. The predicted molar refractivity (Wildman–Crippen MR) is 101 cm³/mol. The van der Waals surface area contributed by atoms with Crippen molar-refractivity contribution < 1.29 is 9.53 Å². The number of para-hydroxylation sites is 1. The van der Waals surface area contributed by atoms with Crippen LogP contribution in [0.3, 0.4) is 0 Å². The van der Waals surface area contributed by atoms with E-state index in [4.69, 9.17) is 4.74 Å². The molecule has 124 valence electrons. The monoisotopic (exact) mass is 330 g/mol. The van der Waals surface area contributed by atoms with Gasteiger partial charge in [0.25, 0.3) is 0 Å². The van der Waals surface area contributed by atoms with Crippen molar-refractivity contribution in [2.75, 3.05) is 18.5 Å². The number of fused-ring (bicyclic) bond motifs is 1. The molecular weight excluding hydrogens is 312 g/mol. The summed E-state index contributed by atoms with van der Waals surface area (Å²) in [5.41, 5.74) is 0.743. The number of ether oxygens (including phenoxy) is 1. The number of carbonyl (C=O) groups is 1. The van der Waals surface area contributed by atoms with Gasteiger partial charge in [-0.3, -0.25) is 0 Å². The van der Waals surface area contributed by atoms with E-state index < -0.39 is 0 Å². The first-order valence-electron chi connectivity index (χ1n) is 7.99. The number of benzene rings is 3. The summed E-state index contributed by atoms with van der Waals surface area (Å²) in [6.45, 7) is 0.535. The molecule has 0 aromatic heterocycles. The lowest BCUT2D eigenvalue weighted by molar-refractivity contribution is 0.253. The highest BCUT2D eigenvalue weighted by atomic mass is 16.5. The average Bonchev–Trinajstić information content (AvgIpc) is 2.65. The van der Waals surface area contributed by atoms with Gasteiger partial charge in [-0.15, -0.1) is 0 Å². The average molecular weight is 330 g/mol. The highest BCUT2D eigenvalue weighted by Gasteiger charge is 2.00. The zero-order valence-corrected chi connectivity index (χ0v) is 13.7. The molecule has 4 nitrogen and oxygen atoms in total. The van der Waals surface area contributed by atoms with E-state index in [9.17, 15) is 4.79 Å². The normalized spacial score (nSPS) is 9.76. The molecule has 0 bridgehead atoms. The first-order chi connectivity index (χ1) is 12.3. The lowest BCUT2D eigenvalue weighted by Crippen LogP contribution is -2.28. The van der Waals surface area contributed by atoms with Crippen LogP contribution in [0.4, 0.5) is 10.5 Å². The van der Waals surface area contributed by atoms with E-state index in [2.05, 4.69) is 22.5 Å². The molecule has 0 atom stereocenters. The minimum absolute atomic E-state index is 0.261. The minimum atomic E-state index is -0.282. The van der Waals surface area contributed by atoms with Crippen LogP contribution in [0.2, 0.25) is 0 Å². The zero-order valence-electron chi connectivity index (χ0n) is 13.7. The molecule has 3 aromatic rings. The number of hydrogen-bond donors (Lipinski definition) is 2. The number of carbonyl (C=O) groups excluding carboxylic acids is 1. The zero-order chi connectivity index (χ0) is 17.3. The van der Waals surface area contributed by atoms with Gasteiger partial charge in [-0.2, -0.15) is 0 Å². The first-order valence-corrected chi connectivity index (χ1v) is 7.99. The number of rotatable bonds is 4. The van der Waals surface area contributed by atoms with Crippen LogP contribution < -0.4 is 15.4 Å². The molecule has 0 heterocycles. The van der Waals surface area contributed by atoms with Gasteiger partial charge < -0.3 is 15.4 Å². The van der Waals surface area contributed by atoms with Crippen molar-refractivity contribution in [3.05, 3.63) is 72.8 Å². The van der Waals surface area contributed by atoms with Gasteiger partial charge in [-0.05, 0) is 23.6 Å². The predicted octanol–water partition coefficient (Wildman–Crippen LogP) is 4.04. The molecule has 0 radical (unpaired) electrons. The topological polar surface area (TPSA) is 50.4 Å². The highest BCUT2D eigenvalue weighted by molar-refractivity contribution is 5.89. The van der Waals surface area contributed by atoms with E-state index in [1.54, 1.807) is 0 Å². The molecule has 4 heteroatoms. The molecule has 0 unspecified atom stereocenters. The van der Waals surface area contributed by atoms with Crippen molar-refractivity contribution in [1.29, 1.82) is 0 Å². The smallest absolute Gasteiger partial charge is 0.319 e. The molecule has 0 saturated carbocycles. The fraction of sp³-hybridized carbons (Fsp3) is 0.0952. The Morgan fingerprint density at radius 1 is 0.880 bits per heavy atom. The van der Waals surface area contributed by atoms with Gasteiger partial charge >= 0.3 is 6.03 Å². The van der Waals surface area contributed by atoms with E-state index in [1.807, 2.05) is 72.8 Å². The quantitative estimate of drug-likeness (QED) is 0.709. The Kier molecular flexibility index (Phi) is 5.52. The molecule has 0 saturated heterocycles. The minimum Gasteiger partial charge on any atom is -0.480 e. The van der Waals surface area contributed by atoms with Gasteiger partial charge in [0.1, 0.15) is 12.4 Å². The van der Waals surface area contributed by atoms with Crippen molar-refractivity contribution in [3.63, 3.8) is 0 Å². The summed E-state index contributed by atoms with van der Waals surface area (Å²) in [5.74, 6) is 6.58. The Balaban J connectivity index is 1.45. The van der Waals surface area contributed by atoms with Gasteiger partial charge in [-0.25, -0.2) is 4.79 Å². The second kappa shape index (κ2) is 8.42. The summed E-state index contributed by atoms with van der Waals surface area (Å²) in [5, 5.41) is 7.60. The maximum absolute atomic E-state index is 11.7. The van der Waals surface area contributed by atoms with Crippen LogP contribution in [0.25, 0.3) is 10.8 Å². The SMILES string of the molecule is O=C(NCC#CCOc1cccc2ccccc12)Nc1ccccc1. The van der Waals surface area contributed by atoms with Gasteiger partial charge in [-0.1, -0.05) is 66.4 Å². The largest absolute Gasteiger partial charge is 0.480 e. The summed E-state index contributed by atoms with van der Waals surface area (Å²) in [4.78, 5) is 11.7. The molecule has 0 spiro atoms. The third-order valence-corrected chi connectivity index (χ3v) is 3.54. The number of amides is 2. The molecule has 0 aliphatic carbocycles. The highest BCUT2D eigenvalue weighted by Crippen LogP contribution is 2.24. The summed E-state index contributed by atoms with van der Waals surface area (Å²) < 4.78 is 5.72. The van der Waals surface area contributed by atoms with Gasteiger partial charge in [0.05, 0.1) is 6.54 Å². The summed E-state index contributed by atoms with van der Waals surface area (Å²) in [7, 11) is 0. The fourth-order valence-corrected chi connectivity index (χ4v) is 2.37. The second-order valence-electron chi connectivity index (χ2n) is 5.29. The van der Waals surface area contributed by atoms with E-state index in [-0.39, 0.29) is 19.2 Å². The van der Waals surface area contributed by atoms with E-state index in [0.29, 0.717) is 0 Å². The molecule has 3 rings (SSSR count). The first kappa shape index (κ1) is 16.4. The molecule has 3 aromatic carbocycles. The van der Waals surface area contributed by atoms with Crippen LogP contribution >= 0.6 is 0 Å². The Labute approximate surface area is 146 Å². The molecule has 0 fully saturated rings. The maximum Gasteiger partial charge on any atom is 0.319 e. The summed E-state index contributed by atoms with van der Waals surface area (Å²) >= 11 is 0. The number of hydrogen-bond acceptors (Lipinski definition) is 2. The molecular formula is C21H18N2O2. The van der Waals surface area contributed by atoms with E-state index in [1.165, 1.54) is 0 Å². The van der Waals surface area contributed by atoms with Crippen molar-refractivity contribution in [3.8, 4) is 17.6 Å². The molecule has 2 N–H and O–H groups in total. The number of nitrogens with one attached hydrogen (secondary N) is 2. The summed E-state index contributed by atoms with van der Waals surface area (Å²) in [6.07, 6.45) is 0. The van der Waals surface area contributed by atoms with Crippen molar-refractivity contribution in [2.45, 2.75) is 0 Å². The molecule has 2 amide bonds. The number of anilines is 1. The van der Waals surface area contributed by atoms with Crippen LogP contribution in [0, 0.1) is 11.8 Å². The van der Waals surface area contributed by atoms with E-state index in [0.717, 1.165) is 22.2 Å². The van der Waals surface area contributed by atoms with Crippen LogP contribution in [0.1, 0.15) is 0 Å². The van der Waals surface area contributed by atoms with Crippen LogP contribution in [-0.4, -0.2) is 19.2 Å².